The molecule has 0 aromatic rings. The first-order valence-electron chi connectivity index (χ1n) is 11.6. The van der Waals surface area contributed by atoms with Crippen LogP contribution in [0.4, 0.5) is 0 Å². The molecule has 2 heteroatoms. The molecule has 0 saturated heterocycles. The van der Waals surface area contributed by atoms with Gasteiger partial charge in [0.25, 0.3) is 0 Å². The van der Waals surface area contributed by atoms with E-state index in [-0.39, 0.29) is 5.60 Å². The summed E-state index contributed by atoms with van der Waals surface area (Å²) in [5.41, 5.74) is -0.0351. The summed E-state index contributed by atoms with van der Waals surface area (Å²) < 4.78 is 0. The van der Waals surface area contributed by atoms with Crippen molar-refractivity contribution in [3.8, 4) is 0 Å². The number of rotatable bonds is 3. The highest BCUT2D eigenvalue weighted by molar-refractivity contribution is 5.79. The van der Waals surface area contributed by atoms with Gasteiger partial charge in [-0.05, 0) is 112 Å². The number of Topliss-reactive ketones (excluding diaryl/α,β-unsaturated/α-hetero) is 1. The molecular formula is C24H38O2. The van der Waals surface area contributed by atoms with Crippen molar-refractivity contribution in [2.45, 2.75) is 96.5 Å². The lowest BCUT2D eigenvalue weighted by Crippen LogP contribution is -2.51. The number of hydrogen-bond acceptors (Lipinski definition) is 2. The average molecular weight is 359 g/mol. The lowest BCUT2D eigenvalue weighted by molar-refractivity contribution is -0.131. The molecule has 0 radical (unpaired) electrons. The van der Waals surface area contributed by atoms with Crippen LogP contribution in [-0.2, 0) is 4.79 Å². The van der Waals surface area contributed by atoms with Gasteiger partial charge in [-0.25, -0.2) is 0 Å². The molecule has 5 saturated carbocycles. The second-order valence-electron chi connectivity index (χ2n) is 11.3. The third-order valence-corrected chi connectivity index (χ3v) is 9.96. The van der Waals surface area contributed by atoms with Gasteiger partial charge < -0.3 is 5.11 Å². The maximum absolute atomic E-state index is 12.2. The predicted molar refractivity (Wildman–Crippen MR) is 104 cm³/mol. The van der Waals surface area contributed by atoms with Crippen LogP contribution in [0.1, 0.15) is 90.9 Å². The minimum atomic E-state index is -0.328. The summed E-state index contributed by atoms with van der Waals surface area (Å²) in [7, 11) is 0. The van der Waals surface area contributed by atoms with Gasteiger partial charge >= 0.3 is 0 Å². The number of carbonyl (C=O) groups is 1. The molecule has 0 heterocycles. The Balaban J connectivity index is 1.31. The summed E-state index contributed by atoms with van der Waals surface area (Å²) in [5.74, 6) is 5.83. The molecule has 26 heavy (non-hydrogen) atoms. The minimum absolute atomic E-state index is 0.293. The van der Waals surface area contributed by atoms with Crippen LogP contribution >= 0.6 is 0 Å². The van der Waals surface area contributed by atoms with Crippen molar-refractivity contribution in [2.75, 3.05) is 0 Å². The Kier molecular flexibility index (Phi) is 4.13. The Hall–Kier alpha value is -0.370. The molecule has 3 unspecified atom stereocenters. The zero-order chi connectivity index (χ0) is 18.1. The fraction of sp³-hybridized carbons (Fsp3) is 0.958. The highest BCUT2D eigenvalue weighted by Crippen LogP contribution is 2.65. The summed E-state index contributed by atoms with van der Waals surface area (Å²) in [4.78, 5) is 12.2. The molecule has 0 amide bonds. The number of aliphatic hydroxyl groups is 1. The third-order valence-electron chi connectivity index (χ3n) is 9.96. The van der Waals surface area contributed by atoms with Gasteiger partial charge in [0.2, 0.25) is 0 Å². The first-order chi connectivity index (χ1) is 12.4. The Labute approximate surface area is 159 Å². The molecule has 5 aliphatic carbocycles. The Morgan fingerprint density at radius 2 is 1.69 bits per heavy atom. The largest absolute Gasteiger partial charge is 0.390 e. The zero-order valence-corrected chi connectivity index (χ0v) is 16.9. The van der Waals surface area contributed by atoms with E-state index in [1.54, 1.807) is 0 Å². The van der Waals surface area contributed by atoms with Crippen molar-refractivity contribution in [3.63, 3.8) is 0 Å². The van der Waals surface area contributed by atoms with E-state index in [1.807, 2.05) is 6.92 Å². The predicted octanol–water partition coefficient (Wildman–Crippen LogP) is 5.38. The first-order valence-corrected chi connectivity index (χ1v) is 11.6. The van der Waals surface area contributed by atoms with Crippen LogP contribution < -0.4 is 0 Å². The fourth-order valence-electron chi connectivity index (χ4n) is 8.68. The maximum atomic E-state index is 12.2. The third kappa shape index (κ3) is 2.73. The van der Waals surface area contributed by atoms with E-state index in [0.717, 1.165) is 61.2 Å². The van der Waals surface area contributed by atoms with E-state index in [4.69, 9.17) is 0 Å². The van der Waals surface area contributed by atoms with Gasteiger partial charge in [-0.3, -0.25) is 4.79 Å². The molecule has 0 aromatic heterocycles. The van der Waals surface area contributed by atoms with Crippen LogP contribution in [0.15, 0.2) is 0 Å². The van der Waals surface area contributed by atoms with Crippen LogP contribution in [0.5, 0.6) is 0 Å². The number of fused-ring (bicyclic) bond motifs is 5. The SMILES string of the molecule is CC(=O)[C@H]1CC[C@H]2C3CCC4C[C@@](O)(CC5CC5)CCC4[C@H]3CC[C@]12C. The van der Waals surface area contributed by atoms with E-state index >= 15 is 0 Å². The van der Waals surface area contributed by atoms with Gasteiger partial charge in [0.1, 0.15) is 5.78 Å². The van der Waals surface area contributed by atoms with Crippen molar-refractivity contribution in [2.24, 2.45) is 46.8 Å². The van der Waals surface area contributed by atoms with Gasteiger partial charge in [-0.1, -0.05) is 19.8 Å². The molecule has 2 nitrogen and oxygen atoms in total. The average Bonchev–Trinajstić information content (AvgIpc) is 3.31. The van der Waals surface area contributed by atoms with Gasteiger partial charge in [0.15, 0.2) is 0 Å². The Morgan fingerprint density at radius 3 is 2.42 bits per heavy atom. The van der Waals surface area contributed by atoms with Crippen LogP contribution in [0.2, 0.25) is 0 Å². The summed E-state index contributed by atoms with van der Waals surface area (Å²) in [6, 6.07) is 0. The van der Waals surface area contributed by atoms with E-state index < -0.39 is 0 Å². The van der Waals surface area contributed by atoms with E-state index in [1.165, 1.54) is 51.4 Å². The molecule has 0 aromatic carbocycles. The van der Waals surface area contributed by atoms with Gasteiger partial charge in [0, 0.05) is 5.92 Å². The topological polar surface area (TPSA) is 37.3 Å². The van der Waals surface area contributed by atoms with Crippen molar-refractivity contribution in [3.05, 3.63) is 0 Å². The molecule has 0 bridgehead atoms. The highest BCUT2D eigenvalue weighted by Gasteiger charge is 2.58. The molecule has 1 N–H and O–H groups in total. The minimum Gasteiger partial charge on any atom is -0.390 e. The Bertz CT molecular complexity index is 581. The molecule has 0 spiro atoms. The van der Waals surface area contributed by atoms with Crippen molar-refractivity contribution >= 4 is 5.78 Å². The van der Waals surface area contributed by atoms with Crippen molar-refractivity contribution in [1.29, 1.82) is 0 Å². The van der Waals surface area contributed by atoms with Gasteiger partial charge in [-0.2, -0.15) is 0 Å². The number of hydrogen-bond donors (Lipinski definition) is 1. The van der Waals surface area contributed by atoms with Crippen molar-refractivity contribution in [1.82, 2.24) is 0 Å². The summed E-state index contributed by atoms with van der Waals surface area (Å²) in [6.07, 6.45) is 15.0. The molecule has 8 atom stereocenters. The number of ketones is 1. The highest BCUT2D eigenvalue weighted by atomic mass is 16.3. The molecule has 5 rings (SSSR count). The van der Waals surface area contributed by atoms with Gasteiger partial charge in [-0.15, -0.1) is 0 Å². The van der Waals surface area contributed by atoms with Crippen LogP contribution in [0.25, 0.3) is 0 Å². The maximum Gasteiger partial charge on any atom is 0.133 e. The molecule has 5 fully saturated rings. The van der Waals surface area contributed by atoms with Gasteiger partial charge in [0.05, 0.1) is 5.60 Å². The molecule has 146 valence electrons. The second kappa shape index (κ2) is 6.06. The zero-order valence-electron chi connectivity index (χ0n) is 16.9. The van der Waals surface area contributed by atoms with E-state index in [0.29, 0.717) is 17.1 Å². The lowest BCUT2D eigenvalue weighted by Gasteiger charge is -2.57. The van der Waals surface area contributed by atoms with Crippen LogP contribution in [0, 0.1) is 46.8 Å². The van der Waals surface area contributed by atoms with E-state index in [9.17, 15) is 9.90 Å². The summed E-state index contributed by atoms with van der Waals surface area (Å²) in [6.45, 7) is 4.29. The molecule has 0 aliphatic heterocycles. The van der Waals surface area contributed by atoms with Crippen molar-refractivity contribution < 1.29 is 9.90 Å². The Morgan fingerprint density at radius 1 is 0.923 bits per heavy atom. The quantitative estimate of drug-likeness (QED) is 0.736. The molecule has 5 aliphatic rings. The summed E-state index contributed by atoms with van der Waals surface area (Å²) in [5, 5.41) is 11.2. The van der Waals surface area contributed by atoms with Crippen LogP contribution in [-0.4, -0.2) is 16.5 Å². The normalized spacial score (nSPS) is 53.5. The molecular weight excluding hydrogens is 320 g/mol. The lowest BCUT2D eigenvalue weighted by atomic mass is 9.48. The monoisotopic (exact) mass is 358 g/mol. The smallest absolute Gasteiger partial charge is 0.133 e. The van der Waals surface area contributed by atoms with Crippen LogP contribution in [0.3, 0.4) is 0 Å². The first kappa shape index (κ1) is 17.7. The number of carbonyl (C=O) groups excluding carboxylic acids is 1. The second-order valence-corrected chi connectivity index (χ2v) is 11.3. The summed E-state index contributed by atoms with van der Waals surface area (Å²) >= 11 is 0. The fourth-order valence-corrected chi connectivity index (χ4v) is 8.68. The van der Waals surface area contributed by atoms with E-state index in [2.05, 4.69) is 6.92 Å². The standard InChI is InChI=1S/C24H38O2/c1-15(25)21-7-8-22-20-6-5-17-14-24(26,13-16-3-4-16)12-10-18(17)19(20)9-11-23(21,22)2/h16-22,26H,3-14H2,1-2H3/t17?,18?,19-,20?,21-,22+,23-,24+/m1/s1.